The summed E-state index contributed by atoms with van der Waals surface area (Å²) in [4.78, 5) is 13.1. The number of rotatable bonds is 55. The predicted octanol–water partition coefficient (Wildman–Crippen LogP) is 17.0. The zero-order valence-electron chi connectivity index (χ0n) is 49.7. The first kappa shape index (κ1) is 72.4. The first-order valence-electron chi connectivity index (χ1n) is 32.3. The van der Waals surface area contributed by atoms with E-state index in [1.165, 1.54) is 186 Å². The van der Waals surface area contributed by atoms with Crippen LogP contribution in [0.4, 0.5) is 0 Å². The highest BCUT2D eigenvalue weighted by Gasteiger charge is 2.44. The first-order chi connectivity index (χ1) is 37.8. The fraction of sp³-hybridized carbons (Fsp3) is 0.779. The van der Waals surface area contributed by atoms with Gasteiger partial charge in [-0.05, 0) is 70.6 Å². The largest absolute Gasteiger partial charge is 0.394 e. The maximum Gasteiger partial charge on any atom is 0.220 e. The number of unbranched alkanes of at least 4 members (excludes halogenated alkanes) is 33. The van der Waals surface area contributed by atoms with Gasteiger partial charge in [-0.3, -0.25) is 4.79 Å². The second-order valence-corrected chi connectivity index (χ2v) is 22.2. The molecule has 0 aliphatic carbocycles. The Labute approximate surface area is 473 Å². The molecule has 0 aromatic carbocycles. The average molecular weight is 1080 g/mol. The van der Waals surface area contributed by atoms with E-state index in [9.17, 15) is 30.3 Å². The number of aliphatic hydroxyl groups excluding tert-OH is 5. The predicted molar refractivity (Wildman–Crippen MR) is 327 cm³/mol. The van der Waals surface area contributed by atoms with Crippen LogP contribution in [0, 0.1) is 0 Å². The van der Waals surface area contributed by atoms with Crippen molar-refractivity contribution < 1.29 is 39.8 Å². The van der Waals surface area contributed by atoms with E-state index in [0.717, 1.165) is 77.0 Å². The summed E-state index contributed by atoms with van der Waals surface area (Å²) in [5.41, 5.74) is 0. The molecule has 9 nitrogen and oxygen atoms in total. The molecule has 446 valence electrons. The molecular weight excluding hydrogens is 959 g/mol. The Kier molecular flexibility index (Phi) is 53.2. The van der Waals surface area contributed by atoms with Gasteiger partial charge in [0.1, 0.15) is 24.4 Å². The third-order valence-electron chi connectivity index (χ3n) is 15.0. The lowest BCUT2D eigenvalue weighted by Crippen LogP contribution is -2.60. The summed E-state index contributed by atoms with van der Waals surface area (Å²) in [6.07, 6.45) is 73.9. The van der Waals surface area contributed by atoms with E-state index in [-0.39, 0.29) is 12.5 Å². The number of nitrogens with one attached hydrogen (secondary N) is 1. The summed E-state index contributed by atoms with van der Waals surface area (Å²) in [5, 5.41) is 54.5. The summed E-state index contributed by atoms with van der Waals surface area (Å²) < 4.78 is 11.3. The van der Waals surface area contributed by atoms with Crippen LogP contribution in [-0.2, 0) is 14.3 Å². The number of hydrogen-bond donors (Lipinski definition) is 6. The Morgan fingerprint density at radius 3 is 1.19 bits per heavy atom. The number of carbonyl (C=O) groups is 1. The Balaban J connectivity index is 2.07. The Morgan fingerprint density at radius 2 is 0.805 bits per heavy atom. The molecule has 77 heavy (non-hydrogen) atoms. The van der Waals surface area contributed by atoms with Crippen LogP contribution in [-0.4, -0.2) is 87.5 Å². The van der Waals surface area contributed by atoms with Gasteiger partial charge in [0.05, 0.1) is 25.4 Å². The average Bonchev–Trinajstić information content (AvgIpc) is 3.43. The topological polar surface area (TPSA) is 149 Å². The Morgan fingerprint density at radius 1 is 0.455 bits per heavy atom. The van der Waals surface area contributed by atoms with Crippen LogP contribution >= 0.6 is 0 Å². The van der Waals surface area contributed by atoms with E-state index < -0.39 is 49.5 Å². The summed E-state index contributed by atoms with van der Waals surface area (Å²) in [6, 6.07) is -0.806. The van der Waals surface area contributed by atoms with Gasteiger partial charge in [-0.25, -0.2) is 0 Å². The van der Waals surface area contributed by atoms with Crippen molar-refractivity contribution in [2.45, 2.75) is 326 Å². The molecule has 0 bridgehead atoms. The van der Waals surface area contributed by atoms with Crippen LogP contribution in [0.15, 0.2) is 85.1 Å². The maximum atomic E-state index is 13.1. The van der Waals surface area contributed by atoms with Gasteiger partial charge in [-0.1, -0.05) is 292 Å². The Bertz CT molecular complexity index is 1490. The molecule has 0 saturated carbocycles. The zero-order valence-corrected chi connectivity index (χ0v) is 49.7. The molecule has 1 aliphatic heterocycles. The van der Waals surface area contributed by atoms with Crippen LogP contribution < -0.4 is 5.32 Å². The summed E-state index contributed by atoms with van der Waals surface area (Å²) in [6.45, 7) is 3.68. The third-order valence-corrected chi connectivity index (χ3v) is 15.0. The molecule has 0 spiro atoms. The lowest BCUT2D eigenvalue weighted by atomic mass is 9.99. The molecule has 1 saturated heterocycles. The van der Waals surface area contributed by atoms with Crippen molar-refractivity contribution >= 4 is 5.91 Å². The molecule has 0 radical (unpaired) electrons. The lowest BCUT2D eigenvalue weighted by molar-refractivity contribution is -0.302. The highest BCUT2D eigenvalue weighted by molar-refractivity contribution is 5.76. The van der Waals surface area contributed by atoms with E-state index in [2.05, 4.69) is 92.1 Å². The number of carbonyl (C=O) groups excluding carboxylic acids is 1. The molecule has 1 aliphatic rings. The monoisotopic (exact) mass is 1080 g/mol. The summed E-state index contributed by atoms with van der Waals surface area (Å²) in [7, 11) is 0. The molecule has 6 N–H and O–H groups in total. The molecule has 0 aromatic heterocycles. The lowest BCUT2D eigenvalue weighted by Gasteiger charge is -2.40. The van der Waals surface area contributed by atoms with Crippen molar-refractivity contribution in [2.75, 3.05) is 13.2 Å². The van der Waals surface area contributed by atoms with Gasteiger partial charge in [0.15, 0.2) is 6.29 Å². The van der Waals surface area contributed by atoms with Crippen molar-refractivity contribution in [2.24, 2.45) is 0 Å². The van der Waals surface area contributed by atoms with Crippen molar-refractivity contribution in [3.05, 3.63) is 85.1 Å². The number of ether oxygens (including phenoxy) is 2. The molecule has 1 amide bonds. The highest BCUT2D eigenvalue weighted by atomic mass is 16.7. The normalized spacial score (nSPS) is 19.3. The minimum Gasteiger partial charge on any atom is -0.394 e. The van der Waals surface area contributed by atoms with Gasteiger partial charge >= 0.3 is 0 Å². The van der Waals surface area contributed by atoms with Gasteiger partial charge in [-0.2, -0.15) is 0 Å². The minimum atomic E-state index is -1.57. The molecule has 7 atom stereocenters. The quantitative estimate of drug-likeness (QED) is 0.0261. The van der Waals surface area contributed by atoms with E-state index in [1.807, 2.05) is 6.08 Å². The summed E-state index contributed by atoms with van der Waals surface area (Å²) in [5.74, 6) is -0.175. The van der Waals surface area contributed by atoms with E-state index in [4.69, 9.17) is 9.47 Å². The van der Waals surface area contributed by atoms with E-state index >= 15 is 0 Å². The van der Waals surface area contributed by atoms with Crippen molar-refractivity contribution in [3.63, 3.8) is 0 Å². The van der Waals surface area contributed by atoms with Crippen molar-refractivity contribution in [1.82, 2.24) is 5.32 Å². The fourth-order valence-corrected chi connectivity index (χ4v) is 9.93. The van der Waals surface area contributed by atoms with Gasteiger partial charge < -0.3 is 40.3 Å². The second kappa shape index (κ2) is 56.6. The maximum absolute atomic E-state index is 13.1. The molecule has 7 unspecified atom stereocenters. The van der Waals surface area contributed by atoms with Crippen molar-refractivity contribution in [1.29, 1.82) is 0 Å². The van der Waals surface area contributed by atoms with Crippen LogP contribution in [0.5, 0.6) is 0 Å². The number of allylic oxidation sites excluding steroid dienone is 13. The smallest absolute Gasteiger partial charge is 0.220 e. The van der Waals surface area contributed by atoms with Crippen LogP contribution in [0.1, 0.15) is 284 Å². The van der Waals surface area contributed by atoms with Gasteiger partial charge in [0.25, 0.3) is 0 Å². The molecular formula is C68H121NO8. The molecule has 1 fully saturated rings. The number of hydrogen-bond acceptors (Lipinski definition) is 8. The van der Waals surface area contributed by atoms with E-state index in [0.29, 0.717) is 6.42 Å². The standard InChI is InChI=1S/C68H121NO8/c1-3-5-7-9-11-13-15-17-19-20-21-22-23-24-25-26-27-28-29-30-31-32-33-34-35-36-37-38-39-40-41-42-44-46-48-50-52-54-56-58-64(72)69-61(60-76-68-67(75)66(74)65(73)63(59-70)77-68)62(71)57-55-53-51-49-47-45-43-18-16-14-12-10-8-6-4-2/h5,7,11,13,17,19,21-22,24-25,27-28,55,57,61-63,65-68,70-71,73-75H,3-4,6,8-10,12,14-16,18,20,23,26,29-54,56,58-60H2,1-2H3,(H,69,72)/b7-5-,13-11-,19-17-,22-21-,25-24-,28-27-,57-55+. The van der Waals surface area contributed by atoms with Gasteiger partial charge in [0.2, 0.25) is 5.91 Å². The molecule has 1 heterocycles. The van der Waals surface area contributed by atoms with Gasteiger partial charge in [0, 0.05) is 6.42 Å². The number of aliphatic hydroxyl groups is 5. The second-order valence-electron chi connectivity index (χ2n) is 22.2. The minimum absolute atomic E-state index is 0.175. The van der Waals surface area contributed by atoms with E-state index in [1.54, 1.807) is 6.08 Å². The van der Waals surface area contributed by atoms with Gasteiger partial charge in [-0.15, -0.1) is 0 Å². The zero-order chi connectivity index (χ0) is 55.8. The highest BCUT2D eigenvalue weighted by Crippen LogP contribution is 2.23. The molecule has 1 rings (SSSR count). The van der Waals surface area contributed by atoms with Crippen LogP contribution in [0.2, 0.25) is 0 Å². The van der Waals surface area contributed by atoms with Crippen molar-refractivity contribution in [3.8, 4) is 0 Å². The first-order valence-corrected chi connectivity index (χ1v) is 32.3. The van der Waals surface area contributed by atoms with Crippen LogP contribution in [0.25, 0.3) is 0 Å². The van der Waals surface area contributed by atoms with Crippen LogP contribution in [0.3, 0.4) is 0 Å². The fourth-order valence-electron chi connectivity index (χ4n) is 9.93. The SMILES string of the molecule is CC/C=C\C/C=C\C/C=C\C/C=C\C/C=C\C/C=C\CCCCCCCCCCCCCCCCCCCCCCC(=O)NC(COC1OC(CO)C(O)C(O)C1O)C(O)/C=C/CCCCCCCCCCCCCCC. The molecule has 0 aromatic rings. The summed E-state index contributed by atoms with van der Waals surface area (Å²) >= 11 is 0. The molecule has 9 heteroatoms. The third kappa shape index (κ3) is 45.8. The number of amides is 1. The Hall–Kier alpha value is -2.63.